The molecule has 0 saturated heterocycles. The zero-order valence-corrected chi connectivity index (χ0v) is 14.7. The summed E-state index contributed by atoms with van der Waals surface area (Å²) in [5.74, 6) is 0.00717. The highest BCUT2D eigenvalue weighted by molar-refractivity contribution is 7.78. The standard InChI is InChI=1S/C18H16FN3O3S/c1-25-17-5-4-12(8-21-17)15-6-14(9-22-18(15)20)11-2-3-13(10-26(23)24)16(19)7-11/h2-9H,10H2,1H3,(H2,20,22)(H,23,24). The lowest BCUT2D eigenvalue weighted by atomic mass is 10.0. The Hall–Kier alpha value is -2.84. The molecule has 1 unspecified atom stereocenters. The smallest absolute Gasteiger partial charge is 0.212 e. The van der Waals surface area contributed by atoms with Crippen LogP contribution >= 0.6 is 0 Å². The third kappa shape index (κ3) is 3.87. The molecule has 134 valence electrons. The maximum atomic E-state index is 14.2. The van der Waals surface area contributed by atoms with Gasteiger partial charge in [0, 0.05) is 40.7 Å². The molecule has 3 rings (SSSR count). The van der Waals surface area contributed by atoms with E-state index in [9.17, 15) is 8.60 Å². The summed E-state index contributed by atoms with van der Waals surface area (Å²) >= 11 is -2.10. The molecule has 2 heterocycles. The first-order valence-corrected chi connectivity index (χ1v) is 8.87. The van der Waals surface area contributed by atoms with Crippen molar-refractivity contribution in [1.82, 2.24) is 9.97 Å². The van der Waals surface area contributed by atoms with Gasteiger partial charge in [-0.25, -0.2) is 18.6 Å². The van der Waals surface area contributed by atoms with E-state index in [1.54, 1.807) is 30.6 Å². The molecule has 26 heavy (non-hydrogen) atoms. The zero-order valence-electron chi connectivity index (χ0n) is 13.8. The molecule has 0 spiro atoms. The summed E-state index contributed by atoms with van der Waals surface area (Å²) in [6, 6.07) is 9.79. The van der Waals surface area contributed by atoms with Crippen LogP contribution in [0.25, 0.3) is 22.3 Å². The van der Waals surface area contributed by atoms with E-state index in [-0.39, 0.29) is 11.3 Å². The molecule has 0 amide bonds. The Morgan fingerprint density at radius 3 is 2.46 bits per heavy atom. The van der Waals surface area contributed by atoms with E-state index >= 15 is 0 Å². The first-order valence-electron chi connectivity index (χ1n) is 7.60. The second kappa shape index (κ2) is 7.59. The molecule has 1 aromatic carbocycles. The molecule has 0 aliphatic rings. The highest BCUT2D eigenvalue weighted by atomic mass is 32.2. The van der Waals surface area contributed by atoms with Crippen molar-refractivity contribution < 1.29 is 17.9 Å². The number of ether oxygens (including phenoxy) is 1. The summed E-state index contributed by atoms with van der Waals surface area (Å²) in [6.07, 6.45) is 3.17. The van der Waals surface area contributed by atoms with E-state index in [2.05, 4.69) is 9.97 Å². The van der Waals surface area contributed by atoms with Crippen LogP contribution in [0.15, 0.2) is 48.8 Å². The van der Waals surface area contributed by atoms with Gasteiger partial charge in [0.25, 0.3) is 0 Å². The normalized spacial score (nSPS) is 12.0. The van der Waals surface area contributed by atoms with E-state index in [0.29, 0.717) is 28.4 Å². The minimum absolute atomic E-state index is 0.178. The third-order valence-corrected chi connectivity index (χ3v) is 4.40. The van der Waals surface area contributed by atoms with Crippen LogP contribution < -0.4 is 10.5 Å². The van der Waals surface area contributed by atoms with Crippen molar-refractivity contribution in [3.63, 3.8) is 0 Å². The van der Waals surface area contributed by atoms with Crippen LogP contribution in [0.1, 0.15) is 5.56 Å². The van der Waals surface area contributed by atoms with Crippen molar-refractivity contribution in [2.75, 3.05) is 12.8 Å². The van der Waals surface area contributed by atoms with E-state index in [0.717, 1.165) is 5.56 Å². The van der Waals surface area contributed by atoms with Crippen molar-refractivity contribution >= 4 is 16.9 Å². The number of halogens is 1. The van der Waals surface area contributed by atoms with Gasteiger partial charge in [0.05, 0.1) is 12.9 Å². The van der Waals surface area contributed by atoms with Gasteiger partial charge in [0.2, 0.25) is 5.88 Å². The Kier molecular flexibility index (Phi) is 5.24. The second-order valence-electron chi connectivity index (χ2n) is 5.52. The fourth-order valence-electron chi connectivity index (χ4n) is 2.50. The van der Waals surface area contributed by atoms with Gasteiger partial charge in [-0.15, -0.1) is 0 Å². The van der Waals surface area contributed by atoms with Crippen LogP contribution in [-0.4, -0.2) is 25.8 Å². The molecular formula is C18H16FN3O3S. The number of hydrogen-bond acceptors (Lipinski definition) is 5. The Morgan fingerprint density at radius 2 is 1.85 bits per heavy atom. The molecule has 3 aromatic rings. The Bertz CT molecular complexity index is 964. The Morgan fingerprint density at radius 1 is 1.12 bits per heavy atom. The predicted molar refractivity (Wildman–Crippen MR) is 98.3 cm³/mol. The van der Waals surface area contributed by atoms with E-state index in [1.807, 2.05) is 6.07 Å². The topological polar surface area (TPSA) is 98.3 Å². The third-order valence-electron chi connectivity index (χ3n) is 3.84. The number of aromatic nitrogens is 2. The van der Waals surface area contributed by atoms with Crippen LogP contribution in [0, 0.1) is 5.82 Å². The average molecular weight is 373 g/mol. The lowest BCUT2D eigenvalue weighted by molar-refractivity contribution is 0.398. The van der Waals surface area contributed by atoms with Crippen LogP contribution in [0.2, 0.25) is 0 Å². The van der Waals surface area contributed by atoms with Gasteiger partial charge in [0.1, 0.15) is 11.6 Å². The molecule has 2 aromatic heterocycles. The van der Waals surface area contributed by atoms with Crippen LogP contribution in [0.3, 0.4) is 0 Å². The number of benzene rings is 1. The van der Waals surface area contributed by atoms with Gasteiger partial charge in [-0.1, -0.05) is 12.1 Å². The summed E-state index contributed by atoms with van der Waals surface area (Å²) in [5.41, 5.74) is 8.83. The summed E-state index contributed by atoms with van der Waals surface area (Å²) < 4.78 is 39.0. The lowest BCUT2D eigenvalue weighted by Crippen LogP contribution is -1.98. The fourth-order valence-corrected chi connectivity index (χ4v) is 3.00. The Labute approximate surface area is 152 Å². The SMILES string of the molecule is COc1ccc(-c2cc(-c3ccc(CS(=O)O)c(F)c3)cnc2N)cn1. The number of nitrogens with zero attached hydrogens (tertiary/aromatic N) is 2. The minimum atomic E-state index is -2.10. The molecule has 0 aliphatic heterocycles. The Balaban J connectivity index is 1.99. The molecule has 3 N–H and O–H groups in total. The summed E-state index contributed by atoms with van der Waals surface area (Å²) in [5, 5.41) is 0. The van der Waals surface area contributed by atoms with Gasteiger partial charge >= 0.3 is 0 Å². The van der Waals surface area contributed by atoms with E-state index < -0.39 is 16.9 Å². The molecule has 0 radical (unpaired) electrons. The molecule has 0 saturated carbocycles. The molecule has 8 heteroatoms. The quantitative estimate of drug-likeness (QED) is 0.666. The van der Waals surface area contributed by atoms with Crippen LogP contribution in [0.5, 0.6) is 5.88 Å². The number of nitrogen functional groups attached to an aromatic ring is 1. The van der Waals surface area contributed by atoms with Crippen molar-refractivity contribution in [3.05, 3.63) is 60.2 Å². The largest absolute Gasteiger partial charge is 0.481 e. The van der Waals surface area contributed by atoms with E-state index in [1.165, 1.54) is 19.2 Å². The van der Waals surface area contributed by atoms with Gasteiger partial charge in [0.15, 0.2) is 11.1 Å². The first-order chi connectivity index (χ1) is 12.5. The average Bonchev–Trinajstić information content (AvgIpc) is 2.64. The number of anilines is 1. The van der Waals surface area contributed by atoms with Gasteiger partial charge in [-0.05, 0) is 23.8 Å². The molecule has 0 bridgehead atoms. The minimum Gasteiger partial charge on any atom is -0.481 e. The maximum absolute atomic E-state index is 14.2. The van der Waals surface area contributed by atoms with E-state index in [4.69, 9.17) is 15.0 Å². The number of methoxy groups -OCH3 is 1. The first kappa shape index (κ1) is 18.0. The monoisotopic (exact) mass is 373 g/mol. The zero-order chi connectivity index (χ0) is 18.7. The number of hydrogen-bond donors (Lipinski definition) is 2. The molecular weight excluding hydrogens is 357 g/mol. The molecule has 0 fully saturated rings. The number of nitrogens with two attached hydrogens (primary N) is 1. The summed E-state index contributed by atoms with van der Waals surface area (Å²) in [6.45, 7) is 0. The van der Waals surface area contributed by atoms with Gasteiger partial charge in [-0.3, -0.25) is 0 Å². The fraction of sp³-hybridized carbons (Fsp3) is 0.111. The number of pyridine rings is 2. The van der Waals surface area contributed by atoms with Crippen molar-refractivity contribution in [2.45, 2.75) is 5.75 Å². The van der Waals surface area contributed by atoms with Crippen LogP contribution in [0.4, 0.5) is 10.2 Å². The maximum Gasteiger partial charge on any atom is 0.212 e. The summed E-state index contributed by atoms with van der Waals surface area (Å²) in [4.78, 5) is 8.33. The predicted octanol–water partition coefficient (Wildman–Crippen LogP) is 3.26. The molecule has 6 nitrogen and oxygen atoms in total. The highest BCUT2D eigenvalue weighted by Crippen LogP contribution is 2.30. The van der Waals surface area contributed by atoms with Gasteiger partial charge in [-0.2, -0.15) is 0 Å². The van der Waals surface area contributed by atoms with Crippen molar-refractivity contribution in [1.29, 1.82) is 0 Å². The second-order valence-corrected chi connectivity index (χ2v) is 6.45. The summed E-state index contributed by atoms with van der Waals surface area (Å²) in [7, 11) is 1.53. The highest BCUT2D eigenvalue weighted by Gasteiger charge is 2.11. The van der Waals surface area contributed by atoms with Crippen LogP contribution in [-0.2, 0) is 16.8 Å². The number of rotatable bonds is 5. The molecule has 0 aliphatic carbocycles. The van der Waals surface area contributed by atoms with Crippen molar-refractivity contribution in [2.24, 2.45) is 0 Å². The van der Waals surface area contributed by atoms with Crippen molar-refractivity contribution in [3.8, 4) is 28.1 Å². The van der Waals surface area contributed by atoms with Gasteiger partial charge < -0.3 is 15.0 Å². The molecule has 1 atom stereocenters. The lowest BCUT2D eigenvalue weighted by Gasteiger charge is -2.10.